The first kappa shape index (κ1) is 19.4. The summed E-state index contributed by atoms with van der Waals surface area (Å²) in [6, 6.07) is 8.07. The Balaban J connectivity index is 1.50. The molecule has 1 aromatic heterocycles. The van der Waals surface area contributed by atoms with Crippen LogP contribution in [0.3, 0.4) is 0 Å². The summed E-state index contributed by atoms with van der Waals surface area (Å²) < 4.78 is 10.5. The average Bonchev–Trinajstić information content (AvgIpc) is 3.36. The highest BCUT2D eigenvalue weighted by atomic mass is 16.5. The first-order chi connectivity index (χ1) is 12.9. The van der Waals surface area contributed by atoms with Crippen molar-refractivity contribution in [2.45, 2.75) is 57.8 Å². The van der Waals surface area contributed by atoms with Crippen LogP contribution in [0.5, 0.6) is 5.75 Å². The number of nitrogens with zero attached hydrogens (tertiary/aromatic N) is 2. The molecule has 0 radical (unpaired) electrons. The summed E-state index contributed by atoms with van der Waals surface area (Å²) in [4.78, 5) is 16.8. The highest BCUT2D eigenvalue weighted by Crippen LogP contribution is 2.44. The smallest absolute Gasteiger partial charge is 0.232 e. The van der Waals surface area contributed by atoms with Gasteiger partial charge in [-0.25, -0.2) is 0 Å². The van der Waals surface area contributed by atoms with Crippen LogP contribution in [0.25, 0.3) is 0 Å². The van der Waals surface area contributed by atoms with Crippen molar-refractivity contribution < 1.29 is 14.1 Å². The van der Waals surface area contributed by atoms with E-state index in [9.17, 15) is 4.79 Å². The van der Waals surface area contributed by atoms with Crippen LogP contribution in [-0.2, 0) is 16.6 Å². The summed E-state index contributed by atoms with van der Waals surface area (Å²) >= 11 is 0. The molecule has 1 saturated carbocycles. The fourth-order valence-electron chi connectivity index (χ4n) is 3.15. The van der Waals surface area contributed by atoms with Gasteiger partial charge in [0.25, 0.3) is 0 Å². The molecule has 1 N–H and O–H groups in total. The number of rotatable bonds is 8. The number of nitrogens with one attached hydrogen (secondary N) is 1. The van der Waals surface area contributed by atoms with Crippen molar-refractivity contribution in [2.75, 3.05) is 13.7 Å². The predicted octanol–water partition coefficient (Wildman–Crippen LogP) is 3.62. The number of benzene rings is 1. The third-order valence-corrected chi connectivity index (χ3v) is 4.92. The summed E-state index contributed by atoms with van der Waals surface area (Å²) in [7, 11) is 1.66. The molecule has 27 heavy (non-hydrogen) atoms. The number of amides is 1. The van der Waals surface area contributed by atoms with Crippen LogP contribution in [0.4, 0.5) is 0 Å². The lowest BCUT2D eigenvalue weighted by Crippen LogP contribution is -2.27. The Morgan fingerprint density at radius 1 is 1.30 bits per heavy atom. The molecular weight excluding hydrogens is 342 g/mol. The van der Waals surface area contributed by atoms with Gasteiger partial charge in [0, 0.05) is 24.8 Å². The lowest BCUT2D eigenvalue weighted by Gasteiger charge is -2.17. The quantitative estimate of drug-likeness (QED) is 0.767. The molecule has 6 nitrogen and oxygen atoms in total. The number of carbonyl (C=O) groups excluding carboxylic acids is 1. The van der Waals surface area contributed by atoms with Crippen LogP contribution in [-0.4, -0.2) is 29.7 Å². The number of hydrogen-bond acceptors (Lipinski definition) is 5. The zero-order valence-electron chi connectivity index (χ0n) is 16.6. The molecule has 6 heteroatoms. The standard InChI is InChI=1S/C21H29N3O3/c1-21(2,3)20-23-18(24-27-20)11-12-22-19(25)13-17(14-5-6-14)15-7-9-16(26-4)10-8-15/h7-10,14,17H,5-6,11-13H2,1-4H3,(H,22,25). The third kappa shape index (κ3) is 5.31. The summed E-state index contributed by atoms with van der Waals surface area (Å²) in [5, 5.41) is 6.99. The number of carbonyl (C=O) groups is 1. The first-order valence-corrected chi connectivity index (χ1v) is 9.60. The minimum Gasteiger partial charge on any atom is -0.497 e. The van der Waals surface area contributed by atoms with Crippen molar-refractivity contribution in [3.63, 3.8) is 0 Å². The minimum absolute atomic E-state index is 0.0715. The second-order valence-electron chi connectivity index (χ2n) is 8.29. The van der Waals surface area contributed by atoms with Gasteiger partial charge in [-0.3, -0.25) is 4.79 Å². The Morgan fingerprint density at radius 3 is 2.56 bits per heavy atom. The molecule has 1 amide bonds. The van der Waals surface area contributed by atoms with Gasteiger partial charge in [-0.15, -0.1) is 0 Å². The van der Waals surface area contributed by atoms with Gasteiger partial charge in [-0.2, -0.15) is 4.98 Å². The summed E-state index contributed by atoms with van der Waals surface area (Å²) in [5.41, 5.74) is 1.05. The van der Waals surface area contributed by atoms with Crippen molar-refractivity contribution >= 4 is 5.91 Å². The topological polar surface area (TPSA) is 77.2 Å². The van der Waals surface area contributed by atoms with E-state index < -0.39 is 0 Å². The fourth-order valence-corrected chi connectivity index (χ4v) is 3.15. The SMILES string of the molecule is COc1ccc(C(CC(=O)NCCc2noc(C(C)(C)C)n2)C2CC2)cc1. The highest BCUT2D eigenvalue weighted by Gasteiger charge is 2.33. The van der Waals surface area contributed by atoms with Gasteiger partial charge < -0.3 is 14.6 Å². The summed E-state index contributed by atoms with van der Waals surface area (Å²) in [6.45, 7) is 6.61. The van der Waals surface area contributed by atoms with E-state index in [-0.39, 0.29) is 17.2 Å². The number of hydrogen-bond donors (Lipinski definition) is 1. The maximum atomic E-state index is 12.4. The molecule has 1 aromatic carbocycles. The van der Waals surface area contributed by atoms with E-state index >= 15 is 0 Å². The van der Waals surface area contributed by atoms with Crippen LogP contribution in [0.15, 0.2) is 28.8 Å². The molecule has 1 unspecified atom stereocenters. The maximum Gasteiger partial charge on any atom is 0.232 e. The molecule has 0 spiro atoms. The maximum absolute atomic E-state index is 12.4. The van der Waals surface area contributed by atoms with Crippen LogP contribution in [0.2, 0.25) is 0 Å². The summed E-state index contributed by atoms with van der Waals surface area (Å²) in [5.74, 6) is 3.05. The van der Waals surface area contributed by atoms with E-state index in [1.807, 2.05) is 32.9 Å². The average molecular weight is 371 g/mol. The van der Waals surface area contributed by atoms with E-state index in [1.54, 1.807) is 7.11 Å². The summed E-state index contributed by atoms with van der Waals surface area (Å²) in [6.07, 6.45) is 3.48. The first-order valence-electron chi connectivity index (χ1n) is 9.60. The van der Waals surface area contributed by atoms with E-state index in [1.165, 1.54) is 18.4 Å². The fraction of sp³-hybridized carbons (Fsp3) is 0.571. The van der Waals surface area contributed by atoms with Crippen molar-refractivity contribution in [1.82, 2.24) is 15.5 Å². The van der Waals surface area contributed by atoms with Crippen molar-refractivity contribution in [2.24, 2.45) is 5.92 Å². The normalized spacial score (nSPS) is 15.4. The zero-order chi connectivity index (χ0) is 19.4. The highest BCUT2D eigenvalue weighted by molar-refractivity contribution is 5.77. The van der Waals surface area contributed by atoms with Gasteiger partial charge >= 0.3 is 0 Å². The van der Waals surface area contributed by atoms with Crippen LogP contribution >= 0.6 is 0 Å². The zero-order valence-corrected chi connectivity index (χ0v) is 16.6. The van der Waals surface area contributed by atoms with Gasteiger partial charge in [-0.05, 0) is 42.4 Å². The predicted molar refractivity (Wildman–Crippen MR) is 103 cm³/mol. The molecule has 1 aliphatic rings. The van der Waals surface area contributed by atoms with Crippen LogP contribution in [0, 0.1) is 5.92 Å². The van der Waals surface area contributed by atoms with Crippen molar-refractivity contribution in [3.05, 3.63) is 41.5 Å². The van der Waals surface area contributed by atoms with Gasteiger partial charge in [0.2, 0.25) is 11.8 Å². The molecule has 146 valence electrons. The van der Waals surface area contributed by atoms with E-state index in [0.717, 1.165) is 5.75 Å². The molecule has 1 aliphatic carbocycles. The van der Waals surface area contributed by atoms with E-state index in [2.05, 4.69) is 27.6 Å². The molecule has 0 saturated heterocycles. The van der Waals surface area contributed by atoms with Gasteiger partial charge in [-0.1, -0.05) is 38.1 Å². The largest absolute Gasteiger partial charge is 0.497 e. The molecular formula is C21H29N3O3. The number of aromatic nitrogens is 2. The van der Waals surface area contributed by atoms with Gasteiger partial charge in [0.05, 0.1) is 7.11 Å². The van der Waals surface area contributed by atoms with Crippen molar-refractivity contribution in [1.29, 1.82) is 0 Å². The Kier molecular flexibility index (Phi) is 5.82. The van der Waals surface area contributed by atoms with Gasteiger partial charge in [0.15, 0.2) is 5.82 Å². The Hall–Kier alpha value is -2.37. The Morgan fingerprint density at radius 2 is 2.00 bits per heavy atom. The molecule has 3 rings (SSSR count). The second kappa shape index (κ2) is 8.11. The van der Waals surface area contributed by atoms with Crippen LogP contribution < -0.4 is 10.1 Å². The van der Waals surface area contributed by atoms with E-state index in [0.29, 0.717) is 37.0 Å². The minimum atomic E-state index is -0.162. The Bertz CT molecular complexity index is 758. The van der Waals surface area contributed by atoms with E-state index in [4.69, 9.17) is 9.26 Å². The van der Waals surface area contributed by atoms with Crippen molar-refractivity contribution in [3.8, 4) is 5.75 Å². The second-order valence-corrected chi connectivity index (χ2v) is 8.29. The van der Waals surface area contributed by atoms with Gasteiger partial charge in [0.1, 0.15) is 5.75 Å². The monoisotopic (exact) mass is 371 g/mol. The lowest BCUT2D eigenvalue weighted by atomic mass is 9.90. The molecule has 1 heterocycles. The molecule has 1 atom stereocenters. The molecule has 1 fully saturated rings. The molecule has 0 aliphatic heterocycles. The lowest BCUT2D eigenvalue weighted by molar-refractivity contribution is -0.121. The number of methoxy groups -OCH3 is 1. The number of ether oxygens (including phenoxy) is 1. The molecule has 2 aromatic rings. The third-order valence-electron chi connectivity index (χ3n) is 4.92. The Labute approximate surface area is 160 Å². The van der Waals surface area contributed by atoms with Crippen LogP contribution in [0.1, 0.15) is 63.2 Å². The molecule has 0 bridgehead atoms.